The first-order chi connectivity index (χ1) is 25.1. The average Bonchev–Trinajstić information content (AvgIpc) is 3.61. The van der Waals surface area contributed by atoms with Crippen molar-refractivity contribution in [1.29, 1.82) is 0 Å². The highest BCUT2D eigenvalue weighted by atomic mass is 32.2. The summed E-state index contributed by atoms with van der Waals surface area (Å²) in [5, 5.41) is 13.6. The summed E-state index contributed by atoms with van der Waals surface area (Å²) in [6, 6.07) is 8.35. The maximum absolute atomic E-state index is 13.7. The second kappa shape index (κ2) is 19.7. The van der Waals surface area contributed by atoms with Crippen LogP contribution in [0.15, 0.2) is 84.3 Å². The zero-order valence-corrected chi connectivity index (χ0v) is 32.9. The number of methoxy groups -OCH3 is 1. The molecular weight excluding hydrogens is 699 g/mol. The van der Waals surface area contributed by atoms with Gasteiger partial charge in [-0.1, -0.05) is 56.5 Å². The van der Waals surface area contributed by atoms with Gasteiger partial charge < -0.3 is 38.8 Å². The highest BCUT2D eigenvalue weighted by molar-refractivity contribution is 7.91. The molecule has 0 bridgehead atoms. The molecule has 0 radical (unpaired) electrons. The van der Waals surface area contributed by atoms with Gasteiger partial charge in [0.05, 0.1) is 72.7 Å². The Morgan fingerprint density at radius 2 is 1.81 bits per heavy atom. The van der Waals surface area contributed by atoms with Crippen LogP contribution in [0.3, 0.4) is 0 Å². The number of hydrogen-bond acceptors (Lipinski definition) is 10. The molecule has 12 heteroatoms. The molecule has 3 heterocycles. The number of ether oxygens (including phenoxy) is 6. The van der Waals surface area contributed by atoms with Gasteiger partial charge in [-0.15, -0.1) is 6.58 Å². The normalized spacial score (nSPS) is 30.1. The molecular formula is C41H61NO10S. The minimum absolute atomic E-state index is 0.0320. The van der Waals surface area contributed by atoms with Crippen LogP contribution in [-0.2, 0) is 38.3 Å². The Balaban J connectivity index is 1.43. The van der Waals surface area contributed by atoms with Gasteiger partial charge in [-0.3, -0.25) is 0 Å². The van der Waals surface area contributed by atoms with Crippen molar-refractivity contribution in [3.63, 3.8) is 0 Å². The zero-order valence-electron chi connectivity index (χ0n) is 32.1. The fourth-order valence-electron chi connectivity index (χ4n) is 7.42. The predicted molar refractivity (Wildman–Crippen MR) is 204 cm³/mol. The number of benzene rings is 1. The molecule has 3 aliphatic rings. The molecule has 1 aromatic carbocycles. The van der Waals surface area contributed by atoms with Gasteiger partial charge in [0.25, 0.3) is 0 Å². The summed E-state index contributed by atoms with van der Waals surface area (Å²) in [7, 11) is -2.19. The van der Waals surface area contributed by atoms with Crippen LogP contribution in [0.5, 0.6) is 0 Å². The monoisotopic (exact) mass is 759 g/mol. The fraction of sp³-hybridized carbons (Fsp3) is 0.634. The quantitative estimate of drug-likeness (QED) is 0.133. The van der Waals surface area contributed by atoms with Crippen LogP contribution in [0.2, 0.25) is 0 Å². The predicted octanol–water partition coefficient (Wildman–Crippen LogP) is 6.13. The van der Waals surface area contributed by atoms with Crippen molar-refractivity contribution >= 4 is 15.9 Å². The lowest BCUT2D eigenvalue weighted by Gasteiger charge is -2.38. The number of nitrogens with one attached hydrogen (secondary N) is 1. The smallest absolute Gasteiger partial charge is 0.407 e. The maximum atomic E-state index is 13.7. The molecule has 4 unspecified atom stereocenters. The van der Waals surface area contributed by atoms with Crippen LogP contribution >= 0.6 is 0 Å². The van der Waals surface area contributed by atoms with E-state index >= 15 is 0 Å². The molecule has 0 saturated carbocycles. The van der Waals surface area contributed by atoms with E-state index in [1.165, 1.54) is 7.11 Å². The molecule has 3 aliphatic heterocycles. The highest BCUT2D eigenvalue weighted by Gasteiger charge is 2.49. The lowest BCUT2D eigenvalue weighted by Crippen LogP contribution is -2.41. The van der Waals surface area contributed by atoms with Crippen LogP contribution in [0.4, 0.5) is 4.79 Å². The van der Waals surface area contributed by atoms with Gasteiger partial charge in [0.1, 0.15) is 5.60 Å². The van der Waals surface area contributed by atoms with Crippen molar-refractivity contribution in [2.45, 2.75) is 126 Å². The second-order valence-corrected chi connectivity index (χ2v) is 17.5. The van der Waals surface area contributed by atoms with Crippen molar-refractivity contribution in [3.8, 4) is 0 Å². The van der Waals surface area contributed by atoms with Gasteiger partial charge in [0, 0.05) is 38.8 Å². The van der Waals surface area contributed by atoms with Crippen molar-refractivity contribution in [2.24, 2.45) is 11.8 Å². The summed E-state index contributed by atoms with van der Waals surface area (Å²) >= 11 is 0. The summed E-state index contributed by atoms with van der Waals surface area (Å²) in [5.41, 5.74) is 1.33. The van der Waals surface area contributed by atoms with Crippen LogP contribution in [0, 0.1) is 11.8 Å². The highest BCUT2D eigenvalue weighted by Crippen LogP contribution is 2.41. The molecule has 296 valence electrons. The minimum Gasteiger partial charge on any atom is -0.444 e. The third kappa shape index (κ3) is 12.9. The van der Waals surface area contributed by atoms with Crippen LogP contribution < -0.4 is 5.32 Å². The number of carbonyl (C=O) groups is 1. The van der Waals surface area contributed by atoms with Crippen molar-refractivity contribution in [2.75, 3.05) is 32.6 Å². The lowest BCUT2D eigenvalue weighted by molar-refractivity contribution is -0.0769. The molecule has 4 rings (SSSR count). The Labute approximate surface area is 316 Å². The molecule has 3 fully saturated rings. The molecule has 0 aromatic heterocycles. The van der Waals surface area contributed by atoms with E-state index in [4.69, 9.17) is 28.4 Å². The van der Waals surface area contributed by atoms with Gasteiger partial charge >= 0.3 is 6.09 Å². The zero-order chi connectivity index (χ0) is 38.8. The Morgan fingerprint density at radius 3 is 2.49 bits per heavy atom. The Kier molecular flexibility index (Phi) is 15.9. The van der Waals surface area contributed by atoms with Crippen molar-refractivity contribution in [1.82, 2.24) is 5.32 Å². The van der Waals surface area contributed by atoms with Gasteiger partial charge in [-0.25, -0.2) is 13.2 Å². The van der Waals surface area contributed by atoms with E-state index in [1.54, 1.807) is 57.2 Å². The SMILES string of the molecule is C=CCOC/C=C/[C@H]1CC(=C)C(CC[C@H]2C[C@@H](C)C(=C)C(CC3OC(C[C@H](O)CNC(=O)OC(C)(C)C)[C@H](OC)[C@H]3CS(=O)(=O)c3ccccc3)O2)O1. The van der Waals surface area contributed by atoms with Gasteiger partial charge in [-0.2, -0.15) is 0 Å². The summed E-state index contributed by atoms with van der Waals surface area (Å²) in [5.74, 6) is -0.589. The first-order valence-electron chi connectivity index (χ1n) is 18.7. The topological polar surface area (TPSA) is 139 Å². The summed E-state index contributed by atoms with van der Waals surface area (Å²) in [4.78, 5) is 12.5. The number of rotatable bonds is 18. The van der Waals surface area contributed by atoms with E-state index < -0.39 is 51.9 Å². The van der Waals surface area contributed by atoms with Crippen molar-refractivity contribution < 1.29 is 46.7 Å². The van der Waals surface area contributed by atoms with E-state index in [9.17, 15) is 18.3 Å². The van der Waals surface area contributed by atoms with Crippen LogP contribution in [0.25, 0.3) is 0 Å². The van der Waals surface area contributed by atoms with Gasteiger partial charge in [0.15, 0.2) is 9.84 Å². The second-order valence-electron chi connectivity index (χ2n) is 15.5. The Hall–Kier alpha value is -2.84. The van der Waals surface area contributed by atoms with E-state index in [-0.39, 0.29) is 53.9 Å². The summed E-state index contributed by atoms with van der Waals surface area (Å²) in [6.07, 6.45) is 5.34. The third-order valence-corrected chi connectivity index (χ3v) is 11.9. The summed E-state index contributed by atoms with van der Waals surface area (Å²) in [6.45, 7) is 20.7. The number of hydrogen-bond donors (Lipinski definition) is 2. The van der Waals surface area contributed by atoms with E-state index in [0.717, 1.165) is 36.8 Å². The first kappa shape index (κ1) is 42.9. The Morgan fingerprint density at radius 1 is 1.08 bits per heavy atom. The average molecular weight is 760 g/mol. The maximum Gasteiger partial charge on any atom is 0.407 e. The molecule has 0 spiro atoms. The molecule has 1 aromatic rings. The Bertz CT molecular complexity index is 1510. The van der Waals surface area contributed by atoms with E-state index in [1.807, 2.05) is 12.2 Å². The molecule has 53 heavy (non-hydrogen) atoms. The number of aliphatic hydroxyl groups is 1. The van der Waals surface area contributed by atoms with E-state index in [0.29, 0.717) is 19.6 Å². The summed E-state index contributed by atoms with van der Waals surface area (Å²) < 4.78 is 63.7. The number of sulfone groups is 1. The fourth-order valence-corrected chi connectivity index (χ4v) is 9.10. The first-order valence-corrected chi connectivity index (χ1v) is 20.4. The van der Waals surface area contributed by atoms with Gasteiger partial charge in [-0.05, 0) is 69.2 Å². The standard InChI is InChI=1S/C41H61NO10S/c1-9-19-48-20-13-14-31-22-28(3)35(49-31)18-17-32-21-27(2)29(4)36(50-32)24-37-34(26-53(45,46)33-15-11-10-12-16-33)39(47-8)38(51-37)23-30(43)25-42-40(44)52-41(5,6)7/h9-16,27,30-32,34-39,43H,1,3-4,17-26H2,2,5-8H3,(H,42,44)/b14-13+/t27-,30+,31+,32+,34+,35?,36?,37?,38?,39-/m1/s1. The van der Waals surface area contributed by atoms with Crippen LogP contribution in [0.1, 0.15) is 66.2 Å². The molecule has 3 saturated heterocycles. The number of amides is 1. The van der Waals surface area contributed by atoms with Crippen LogP contribution in [-0.4, -0.2) is 107 Å². The number of alkyl carbamates (subject to hydrolysis) is 1. The molecule has 10 atom stereocenters. The lowest BCUT2D eigenvalue weighted by atomic mass is 9.83. The van der Waals surface area contributed by atoms with Crippen molar-refractivity contribution in [3.05, 3.63) is 79.4 Å². The molecule has 1 amide bonds. The largest absolute Gasteiger partial charge is 0.444 e. The van der Waals surface area contributed by atoms with Gasteiger partial charge in [0.2, 0.25) is 0 Å². The van der Waals surface area contributed by atoms with E-state index in [2.05, 4.69) is 32.0 Å². The molecule has 0 aliphatic carbocycles. The molecule has 2 N–H and O–H groups in total. The number of carbonyl (C=O) groups excluding carboxylic acids is 1. The minimum atomic E-state index is -3.72. The third-order valence-electron chi connectivity index (χ3n) is 10.1. The number of aliphatic hydroxyl groups excluding tert-OH is 1. The molecule has 11 nitrogen and oxygen atoms in total.